The number of fused-ring (bicyclic) bond motifs is 1. The first kappa shape index (κ1) is 14.5. The van der Waals surface area contributed by atoms with Gasteiger partial charge < -0.3 is 14.2 Å². The van der Waals surface area contributed by atoms with Crippen molar-refractivity contribution in [2.75, 3.05) is 36.0 Å². The molecule has 1 aliphatic heterocycles. The van der Waals surface area contributed by atoms with Crippen LogP contribution >= 0.6 is 0 Å². The normalized spacial score (nSPS) is 18.1. The van der Waals surface area contributed by atoms with Crippen LogP contribution in [0.3, 0.4) is 0 Å². The minimum Gasteiger partial charge on any atom is -0.423 e. The fourth-order valence-corrected chi connectivity index (χ4v) is 3.31. The van der Waals surface area contributed by atoms with Crippen molar-refractivity contribution in [2.45, 2.75) is 18.8 Å². The van der Waals surface area contributed by atoms with E-state index >= 15 is 0 Å². The number of benzene rings is 1. The van der Waals surface area contributed by atoms with Gasteiger partial charge in [0, 0.05) is 38.2 Å². The van der Waals surface area contributed by atoms with Crippen molar-refractivity contribution >= 4 is 23.1 Å². The summed E-state index contributed by atoms with van der Waals surface area (Å²) in [5.74, 6) is 1.16. The molecule has 3 heterocycles. The van der Waals surface area contributed by atoms with Crippen LogP contribution in [0.4, 0.5) is 12.0 Å². The van der Waals surface area contributed by atoms with E-state index in [2.05, 4.69) is 24.8 Å². The smallest absolute Gasteiger partial charge is 0.298 e. The highest BCUT2D eigenvalue weighted by atomic mass is 16.4. The number of rotatable bonds is 3. The quantitative estimate of drug-likeness (QED) is 0.789. The van der Waals surface area contributed by atoms with Gasteiger partial charge >= 0.3 is 0 Å². The molecule has 0 atom stereocenters. The first-order chi connectivity index (χ1) is 12.3. The van der Waals surface area contributed by atoms with Crippen LogP contribution in [0, 0.1) is 0 Å². The first-order valence-corrected chi connectivity index (χ1v) is 8.73. The summed E-state index contributed by atoms with van der Waals surface area (Å²) in [4.78, 5) is 28.3. The molecule has 2 fully saturated rings. The van der Waals surface area contributed by atoms with Crippen LogP contribution in [0.25, 0.3) is 11.1 Å². The number of nitrogens with zero attached hydrogens (tertiary/aromatic N) is 4. The molecule has 25 heavy (non-hydrogen) atoms. The van der Waals surface area contributed by atoms with Gasteiger partial charge in [0.05, 0.1) is 5.69 Å². The first-order valence-electron chi connectivity index (χ1n) is 8.73. The Labute approximate surface area is 144 Å². The molecule has 1 N–H and O–H groups in total. The maximum atomic E-state index is 11.9. The van der Waals surface area contributed by atoms with Crippen LogP contribution in [0.5, 0.6) is 0 Å². The molecule has 0 radical (unpaired) electrons. The maximum Gasteiger partial charge on any atom is 0.298 e. The van der Waals surface area contributed by atoms with E-state index in [0.717, 1.165) is 55.8 Å². The number of aromatic nitrogens is 3. The minimum absolute atomic E-state index is 0.0618. The molecule has 0 unspecified atom stereocenters. The Morgan fingerprint density at radius 3 is 2.56 bits per heavy atom. The number of anilines is 2. The van der Waals surface area contributed by atoms with E-state index < -0.39 is 0 Å². The highest BCUT2D eigenvalue weighted by molar-refractivity contribution is 5.74. The van der Waals surface area contributed by atoms with Gasteiger partial charge in [0.2, 0.25) is 5.95 Å². The SMILES string of the molecule is O=c1cc(C2CC2)nc(N2CCN(c3nc4ccccc4o3)CC2)[nH]1. The Kier molecular flexibility index (Phi) is 3.26. The predicted octanol–water partition coefficient (Wildman–Crippen LogP) is 2.12. The molecule has 2 aliphatic rings. The molecule has 5 rings (SSSR count). The van der Waals surface area contributed by atoms with Crippen LogP contribution in [0.1, 0.15) is 24.5 Å². The van der Waals surface area contributed by atoms with Crippen molar-refractivity contribution in [2.24, 2.45) is 0 Å². The van der Waals surface area contributed by atoms with Crippen LogP contribution in [0.2, 0.25) is 0 Å². The average Bonchev–Trinajstić information content (AvgIpc) is 3.40. The third-order valence-corrected chi connectivity index (χ3v) is 4.88. The molecular weight excluding hydrogens is 318 g/mol. The number of piperazine rings is 1. The summed E-state index contributed by atoms with van der Waals surface area (Å²) in [6.07, 6.45) is 2.28. The summed E-state index contributed by atoms with van der Waals surface area (Å²) in [6, 6.07) is 10.1. The summed E-state index contributed by atoms with van der Waals surface area (Å²) < 4.78 is 5.85. The van der Waals surface area contributed by atoms with E-state index in [1.165, 1.54) is 0 Å². The topological polar surface area (TPSA) is 78.3 Å². The van der Waals surface area contributed by atoms with Crippen molar-refractivity contribution in [1.82, 2.24) is 15.0 Å². The zero-order valence-corrected chi connectivity index (χ0v) is 13.8. The molecule has 1 saturated carbocycles. The lowest BCUT2D eigenvalue weighted by atomic mass is 10.3. The molecule has 1 aromatic carbocycles. The largest absolute Gasteiger partial charge is 0.423 e. The number of hydrogen-bond acceptors (Lipinski definition) is 6. The zero-order valence-electron chi connectivity index (χ0n) is 13.8. The fourth-order valence-electron chi connectivity index (χ4n) is 3.31. The van der Waals surface area contributed by atoms with Gasteiger partial charge in [-0.2, -0.15) is 4.98 Å². The molecule has 2 aromatic heterocycles. The Bertz CT molecular complexity index is 934. The second-order valence-corrected chi connectivity index (χ2v) is 6.71. The Morgan fingerprint density at radius 2 is 1.80 bits per heavy atom. The predicted molar refractivity (Wildman–Crippen MR) is 95.3 cm³/mol. The maximum absolute atomic E-state index is 11.9. The molecule has 0 amide bonds. The number of nitrogens with one attached hydrogen (secondary N) is 1. The summed E-state index contributed by atoms with van der Waals surface area (Å²) in [5.41, 5.74) is 2.56. The van der Waals surface area contributed by atoms with Gasteiger partial charge in [-0.15, -0.1) is 0 Å². The fraction of sp³-hybridized carbons (Fsp3) is 0.389. The summed E-state index contributed by atoms with van der Waals surface area (Å²) in [6.45, 7) is 3.11. The van der Waals surface area contributed by atoms with Crippen molar-refractivity contribution in [1.29, 1.82) is 0 Å². The van der Waals surface area contributed by atoms with E-state index in [1.54, 1.807) is 6.07 Å². The van der Waals surface area contributed by atoms with E-state index in [1.807, 2.05) is 24.3 Å². The Morgan fingerprint density at radius 1 is 1.04 bits per heavy atom. The summed E-state index contributed by atoms with van der Waals surface area (Å²) in [5, 5.41) is 0. The minimum atomic E-state index is -0.0618. The molecule has 7 nitrogen and oxygen atoms in total. The van der Waals surface area contributed by atoms with E-state index in [4.69, 9.17) is 4.42 Å². The van der Waals surface area contributed by atoms with Crippen molar-refractivity contribution in [3.63, 3.8) is 0 Å². The Balaban J connectivity index is 1.33. The van der Waals surface area contributed by atoms with Crippen LogP contribution in [0.15, 0.2) is 39.5 Å². The number of hydrogen-bond donors (Lipinski definition) is 1. The Hall–Kier alpha value is -2.83. The van der Waals surface area contributed by atoms with Gasteiger partial charge in [0.25, 0.3) is 11.6 Å². The van der Waals surface area contributed by atoms with Gasteiger partial charge in [-0.05, 0) is 25.0 Å². The van der Waals surface area contributed by atoms with E-state index in [0.29, 0.717) is 17.9 Å². The lowest BCUT2D eigenvalue weighted by molar-refractivity contribution is 0.538. The third-order valence-electron chi connectivity index (χ3n) is 4.88. The second-order valence-electron chi connectivity index (χ2n) is 6.71. The van der Waals surface area contributed by atoms with Gasteiger partial charge in [-0.25, -0.2) is 4.98 Å². The number of oxazole rings is 1. The average molecular weight is 337 g/mol. The molecule has 7 heteroatoms. The van der Waals surface area contributed by atoms with Crippen LogP contribution in [-0.2, 0) is 0 Å². The molecule has 0 spiro atoms. The van der Waals surface area contributed by atoms with Gasteiger partial charge in [-0.3, -0.25) is 9.78 Å². The third kappa shape index (κ3) is 2.75. The van der Waals surface area contributed by atoms with Crippen molar-refractivity contribution < 1.29 is 4.42 Å². The standard InChI is InChI=1S/C18H19N5O2/c24-16-11-14(12-5-6-12)19-17(21-16)22-7-9-23(10-8-22)18-20-13-3-1-2-4-15(13)25-18/h1-4,11-12H,5-10H2,(H,19,21,24). The zero-order chi connectivity index (χ0) is 16.8. The number of H-pyrrole nitrogens is 1. The lowest BCUT2D eigenvalue weighted by Crippen LogP contribution is -2.47. The molecule has 0 bridgehead atoms. The number of para-hydroxylation sites is 2. The van der Waals surface area contributed by atoms with E-state index in [-0.39, 0.29) is 5.56 Å². The van der Waals surface area contributed by atoms with Crippen LogP contribution < -0.4 is 15.4 Å². The second kappa shape index (κ2) is 5.61. The molecule has 1 aliphatic carbocycles. The molecular formula is C18H19N5O2. The van der Waals surface area contributed by atoms with Crippen molar-refractivity contribution in [3.8, 4) is 0 Å². The summed E-state index contributed by atoms with van der Waals surface area (Å²) >= 11 is 0. The molecule has 3 aromatic rings. The molecule has 128 valence electrons. The monoisotopic (exact) mass is 337 g/mol. The van der Waals surface area contributed by atoms with Crippen molar-refractivity contribution in [3.05, 3.63) is 46.4 Å². The van der Waals surface area contributed by atoms with Gasteiger partial charge in [-0.1, -0.05) is 12.1 Å². The number of aromatic amines is 1. The van der Waals surface area contributed by atoms with Gasteiger partial charge in [0.15, 0.2) is 5.58 Å². The summed E-state index contributed by atoms with van der Waals surface area (Å²) in [7, 11) is 0. The van der Waals surface area contributed by atoms with E-state index in [9.17, 15) is 4.79 Å². The van der Waals surface area contributed by atoms with Gasteiger partial charge in [0.1, 0.15) is 5.52 Å². The highest BCUT2D eigenvalue weighted by Gasteiger charge is 2.27. The van der Waals surface area contributed by atoms with Crippen LogP contribution in [-0.4, -0.2) is 41.1 Å². The lowest BCUT2D eigenvalue weighted by Gasteiger charge is -2.34. The molecule has 1 saturated heterocycles. The highest BCUT2D eigenvalue weighted by Crippen LogP contribution is 2.38.